The Kier molecular flexibility index (Phi) is 4.21. The van der Waals surface area contributed by atoms with Gasteiger partial charge in [-0.3, -0.25) is 0 Å². The van der Waals surface area contributed by atoms with Gasteiger partial charge in [-0.25, -0.2) is 8.42 Å². The van der Waals surface area contributed by atoms with Gasteiger partial charge in [0.2, 0.25) is 0 Å². The van der Waals surface area contributed by atoms with E-state index in [0.29, 0.717) is 10.0 Å². The summed E-state index contributed by atoms with van der Waals surface area (Å²) >= 11 is 11.7. The molecule has 1 saturated carbocycles. The molecule has 0 aromatic heterocycles. The molecule has 0 bridgehead atoms. The Hall–Kier alpha value is -1.07. The molecule has 0 spiro atoms. The minimum Gasteiger partial charge on any atom is -0.396 e. The Labute approximate surface area is 139 Å². The lowest BCUT2D eigenvalue weighted by Crippen LogP contribution is -2.11. The molecule has 0 amide bonds. The van der Waals surface area contributed by atoms with Gasteiger partial charge in [0.15, 0.2) is 9.84 Å². The zero-order valence-electron chi connectivity index (χ0n) is 11.5. The first-order valence-electron chi connectivity index (χ1n) is 6.81. The van der Waals surface area contributed by atoms with Crippen LogP contribution in [0.25, 0.3) is 0 Å². The standard InChI is InChI=1S/C16H14Cl2O3S/c17-11-3-1-10(2-4-11)15-14(9-19)16(15)22(20,21)13-7-5-12(18)6-8-13/h1-8,14-16,19H,9H2/t14-,15+,16-/m1/s1. The molecule has 6 heteroatoms. The van der Waals surface area contributed by atoms with Crippen LogP contribution in [0.3, 0.4) is 0 Å². The van der Waals surface area contributed by atoms with Crippen LogP contribution in [0.1, 0.15) is 11.5 Å². The summed E-state index contributed by atoms with van der Waals surface area (Å²) in [4.78, 5) is 0.233. The van der Waals surface area contributed by atoms with Crippen molar-refractivity contribution in [2.24, 2.45) is 5.92 Å². The maximum Gasteiger partial charge on any atom is 0.182 e. The molecule has 3 atom stereocenters. The van der Waals surface area contributed by atoms with Crippen LogP contribution < -0.4 is 0 Å². The summed E-state index contributed by atoms with van der Waals surface area (Å²) in [5, 5.41) is 9.98. The zero-order chi connectivity index (χ0) is 15.9. The van der Waals surface area contributed by atoms with E-state index in [4.69, 9.17) is 23.2 Å². The SMILES string of the molecule is O=S(=O)(c1ccc(Cl)cc1)[C@@H]1[C@H](CO)[C@@H]1c1ccc(Cl)cc1. The van der Waals surface area contributed by atoms with Crippen LogP contribution in [0, 0.1) is 5.92 Å². The molecule has 116 valence electrons. The first-order chi connectivity index (χ1) is 10.4. The van der Waals surface area contributed by atoms with Gasteiger partial charge in [-0.05, 0) is 42.0 Å². The van der Waals surface area contributed by atoms with Gasteiger partial charge in [0.25, 0.3) is 0 Å². The molecule has 3 rings (SSSR count). The summed E-state index contributed by atoms with van der Waals surface area (Å²) in [6.45, 7) is -0.162. The molecule has 1 N–H and O–H groups in total. The maximum atomic E-state index is 12.7. The van der Waals surface area contributed by atoms with Crippen molar-refractivity contribution in [3.63, 3.8) is 0 Å². The first-order valence-corrected chi connectivity index (χ1v) is 9.11. The number of benzene rings is 2. The predicted molar refractivity (Wildman–Crippen MR) is 87.2 cm³/mol. The molecule has 0 unspecified atom stereocenters. The van der Waals surface area contributed by atoms with Crippen molar-refractivity contribution in [1.29, 1.82) is 0 Å². The quantitative estimate of drug-likeness (QED) is 0.911. The highest BCUT2D eigenvalue weighted by atomic mass is 35.5. The fourth-order valence-electron chi connectivity index (χ4n) is 2.89. The van der Waals surface area contributed by atoms with Crippen LogP contribution in [-0.2, 0) is 9.84 Å². The third-order valence-electron chi connectivity index (χ3n) is 4.06. The number of aliphatic hydroxyl groups excluding tert-OH is 1. The van der Waals surface area contributed by atoms with Gasteiger partial charge in [-0.1, -0.05) is 35.3 Å². The van der Waals surface area contributed by atoms with Crippen LogP contribution in [0.2, 0.25) is 10.0 Å². The van der Waals surface area contributed by atoms with Gasteiger partial charge in [-0.2, -0.15) is 0 Å². The first kappa shape index (κ1) is 15.8. The van der Waals surface area contributed by atoms with Crippen LogP contribution in [-0.4, -0.2) is 25.4 Å². The fourth-order valence-corrected chi connectivity index (χ4v) is 5.34. The molecular formula is C16H14Cl2O3S. The molecular weight excluding hydrogens is 343 g/mol. The van der Waals surface area contributed by atoms with E-state index >= 15 is 0 Å². The van der Waals surface area contributed by atoms with Gasteiger partial charge >= 0.3 is 0 Å². The van der Waals surface area contributed by atoms with Gasteiger partial charge in [0, 0.05) is 28.5 Å². The number of aliphatic hydroxyl groups is 1. The van der Waals surface area contributed by atoms with Crippen LogP contribution in [0.5, 0.6) is 0 Å². The lowest BCUT2D eigenvalue weighted by atomic mass is 10.1. The third kappa shape index (κ3) is 2.76. The van der Waals surface area contributed by atoms with Gasteiger partial charge < -0.3 is 5.11 Å². The van der Waals surface area contributed by atoms with Crippen molar-refractivity contribution in [2.75, 3.05) is 6.61 Å². The molecule has 3 nitrogen and oxygen atoms in total. The minimum absolute atomic E-state index is 0.162. The molecule has 2 aromatic carbocycles. The zero-order valence-corrected chi connectivity index (χ0v) is 13.8. The summed E-state index contributed by atoms with van der Waals surface area (Å²) in [6.07, 6.45) is 0. The monoisotopic (exact) mass is 356 g/mol. The lowest BCUT2D eigenvalue weighted by molar-refractivity contribution is 0.274. The molecule has 22 heavy (non-hydrogen) atoms. The van der Waals surface area contributed by atoms with E-state index in [-0.39, 0.29) is 23.3 Å². The summed E-state index contributed by atoms with van der Waals surface area (Å²) < 4.78 is 25.5. The van der Waals surface area contributed by atoms with E-state index in [1.54, 1.807) is 24.3 Å². The smallest absolute Gasteiger partial charge is 0.182 e. The van der Waals surface area contributed by atoms with Crippen molar-refractivity contribution in [2.45, 2.75) is 16.1 Å². The van der Waals surface area contributed by atoms with Crippen molar-refractivity contribution >= 4 is 33.0 Å². The molecule has 0 saturated heterocycles. The Bertz CT molecular complexity index is 770. The summed E-state index contributed by atoms with van der Waals surface area (Å²) in [5.41, 5.74) is 0.881. The fraction of sp³-hybridized carbons (Fsp3) is 0.250. The summed E-state index contributed by atoms with van der Waals surface area (Å²) in [5.74, 6) is -0.496. The molecule has 2 aromatic rings. The Morgan fingerprint density at radius 2 is 1.41 bits per heavy atom. The number of sulfone groups is 1. The average molecular weight is 357 g/mol. The van der Waals surface area contributed by atoms with E-state index < -0.39 is 15.1 Å². The van der Waals surface area contributed by atoms with Crippen molar-refractivity contribution in [3.8, 4) is 0 Å². The Morgan fingerprint density at radius 1 is 0.909 bits per heavy atom. The van der Waals surface area contributed by atoms with Crippen LogP contribution >= 0.6 is 23.2 Å². The molecule has 1 aliphatic carbocycles. The Morgan fingerprint density at radius 3 is 1.91 bits per heavy atom. The van der Waals surface area contributed by atoms with E-state index in [1.165, 1.54) is 12.1 Å². The summed E-state index contributed by atoms with van der Waals surface area (Å²) in [7, 11) is -3.50. The average Bonchev–Trinajstić information content (AvgIpc) is 3.24. The van der Waals surface area contributed by atoms with Gasteiger partial charge in [0.05, 0.1) is 10.1 Å². The number of halogens is 2. The second-order valence-electron chi connectivity index (χ2n) is 5.39. The second-order valence-corrected chi connectivity index (χ2v) is 8.37. The minimum atomic E-state index is -3.50. The van der Waals surface area contributed by atoms with Crippen molar-refractivity contribution < 1.29 is 13.5 Å². The normalized spacial score (nSPS) is 24.2. The second kappa shape index (κ2) is 5.85. The Balaban J connectivity index is 1.93. The van der Waals surface area contributed by atoms with Crippen LogP contribution in [0.4, 0.5) is 0 Å². The van der Waals surface area contributed by atoms with Crippen LogP contribution in [0.15, 0.2) is 53.4 Å². The number of hydrogen-bond donors (Lipinski definition) is 1. The highest BCUT2D eigenvalue weighted by molar-refractivity contribution is 7.92. The predicted octanol–water partition coefficient (Wildman–Crippen LogP) is 3.54. The van der Waals surface area contributed by atoms with E-state index in [1.807, 2.05) is 12.1 Å². The van der Waals surface area contributed by atoms with E-state index in [2.05, 4.69) is 0 Å². The molecule has 1 fully saturated rings. The topological polar surface area (TPSA) is 54.4 Å². The molecule has 0 radical (unpaired) electrons. The molecule has 0 heterocycles. The highest BCUT2D eigenvalue weighted by Gasteiger charge is 2.58. The van der Waals surface area contributed by atoms with Gasteiger partial charge in [0.1, 0.15) is 0 Å². The lowest BCUT2D eigenvalue weighted by Gasteiger charge is -2.04. The molecule has 0 aliphatic heterocycles. The van der Waals surface area contributed by atoms with Crippen molar-refractivity contribution in [3.05, 3.63) is 64.1 Å². The third-order valence-corrected chi connectivity index (χ3v) is 6.86. The van der Waals surface area contributed by atoms with E-state index in [9.17, 15) is 13.5 Å². The van der Waals surface area contributed by atoms with E-state index in [0.717, 1.165) is 5.56 Å². The largest absolute Gasteiger partial charge is 0.396 e. The van der Waals surface area contributed by atoms with Gasteiger partial charge in [-0.15, -0.1) is 0 Å². The number of rotatable bonds is 4. The summed E-state index contributed by atoms with van der Waals surface area (Å²) in [6, 6.07) is 13.2. The molecule has 1 aliphatic rings. The maximum absolute atomic E-state index is 12.7. The highest BCUT2D eigenvalue weighted by Crippen LogP contribution is 2.53. The van der Waals surface area contributed by atoms with Crippen molar-refractivity contribution in [1.82, 2.24) is 0 Å². The number of hydrogen-bond acceptors (Lipinski definition) is 3.